The number of hydrogen-bond donors (Lipinski definition) is 1. The van der Waals surface area contributed by atoms with Gasteiger partial charge in [0, 0.05) is 0 Å². The van der Waals surface area contributed by atoms with Crippen molar-refractivity contribution in [1.29, 1.82) is 0 Å². The number of carbonyl (C=O) groups is 1. The van der Waals surface area contributed by atoms with Crippen molar-refractivity contribution < 1.29 is 9.18 Å². The lowest BCUT2D eigenvalue weighted by molar-refractivity contribution is 0.0930. The highest BCUT2D eigenvalue weighted by Crippen LogP contribution is 2.17. The Labute approximate surface area is 151 Å². The van der Waals surface area contributed by atoms with Crippen LogP contribution in [0, 0.1) is 12.7 Å². The summed E-state index contributed by atoms with van der Waals surface area (Å²) in [6, 6.07) is 14.0. The van der Waals surface area contributed by atoms with Crippen LogP contribution < -0.4 is 5.32 Å². The lowest BCUT2D eigenvalue weighted by Gasteiger charge is -2.16. The summed E-state index contributed by atoms with van der Waals surface area (Å²) in [7, 11) is 0. The highest BCUT2D eigenvalue weighted by molar-refractivity contribution is 5.92. The molecule has 3 rings (SSSR count). The van der Waals surface area contributed by atoms with Gasteiger partial charge in [-0.3, -0.25) is 4.79 Å². The van der Waals surface area contributed by atoms with E-state index in [4.69, 9.17) is 0 Å². The van der Waals surface area contributed by atoms with Gasteiger partial charge in [0.15, 0.2) is 5.69 Å². The van der Waals surface area contributed by atoms with Crippen LogP contribution >= 0.6 is 0 Å². The van der Waals surface area contributed by atoms with Crippen molar-refractivity contribution >= 4 is 5.91 Å². The van der Waals surface area contributed by atoms with Crippen molar-refractivity contribution in [2.24, 2.45) is 0 Å². The first-order valence-electron chi connectivity index (χ1n) is 8.57. The minimum atomic E-state index is -0.297. The maximum absolute atomic E-state index is 13.1. The summed E-state index contributed by atoms with van der Waals surface area (Å²) in [6.07, 6.45) is 2.33. The van der Waals surface area contributed by atoms with E-state index in [1.54, 1.807) is 23.0 Å². The molecule has 1 N–H and O–H groups in total. The number of hydrogen-bond acceptors (Lipinski definition) is 3. The van der Waals surface area contributed by atoms with Crippen LogP contribution in [0.5, 0.6) is 0 Å². The Hall–Kier alpha value is -3.02. The number of benzene rings is 2. The number of halogens is 1. The average Bonchev–Trinajstić information content (AvgIpc) is 3.11. The number of carbonyl (C=O) groups excluding carboxylic acids is 1. The molecule has 0 unspecified atom stereocenters. The molecule has 134 valence electrons. The fourth-order valence-corrected chi connectivity index (χ4v) is 2.79. The molecule has 2 aromatic carbocycles. The summed E-state index contributed by atoms with van der Waals surface area (Å²) in [5.74, 6) is -0.591. The Balaban J connectivity index is 1.69. The van der Waals surface area contributed by atoms with Gasteiger partial charge in [0.1, 0.15) is 5.82 Å². The zero-order valence-corrected chi connectivity index (χ0v) is 14.8. The Morgan fingerprint density at radius 2 is 1.92 bits per heavy atom. The van der Waals surface area contributed by atoms with E-state index in [1.807, 2.05) is 38.1 Å². The molecule has 0 spiro atoms. The highest BCUT2D eigenvalue weighted by Gasteiger charge is 2.17. The molecule has 1 amide bonds. The Morgan fingerprint density at radius 1 is 1.19 bits per heavy atom. The number of rotatable bonds is 6. The molecule has 0 bridgehead atoms. The lowest BCUT2D eigenvalue weighted by atomic mass is 10.0. The van der Waals surface area contributed by atoms with Gasteiger partial charge < -0.3 is 5.32 Å². The molecule has 5 nitrogen and oxygen atoms in total. The third kappa shape index (κ3) is 4.14. The van der Waals surface area contributed by atoms with Crippen molar-refractivity contribution in [3.05, 3.63) is 82.9 Å². The minimum Gasteiger partial charge on any atom is -0.344 e. The molecular formula is C20H21FN4O. The number of amides is 1. The summed E-state index contributed by atoms with van der Waals surface area (Å²) in [6.45, 7) is 4.56. The number of aryl methyl sites for hydroxylation is 1. The van der Waals surface area contributed by atoms with Crippen LogP contribution in [0.2, 0.25) is 0 Å². The standard InChI is InChI=1S/C20H21FN4O/c1-3-18(15-8-10-17(21)11-9-15)22-20(26)19-13-25(24-23-19)12-16-7-5-4-6-14(16)2/h4-11,13,18H,3,12H2,1-2H3,(H,22,26)/t18-/m0/s1. The smallest absolute Gasteiger partial charge is 0.273 e. The van der Waals surface area contributed by atoms with Crippen LogP contribution in [-0.2, 0) is 6.54 Å². The summed E-state index contributed by atoms with van der Waals surface area (Å²) in [5, 5.41) is 11.0. The van der Waals surface area contributed by atoms with Gasteiger partial charge in [-0.05, 0) is 42.2 Å². The molecule has 0 aliphatic carbocycles. The maximum atomic E-state index is 13.1. The molecular weight excluding hydrogens is 331 g/mol. The fraction of sp³-hybridized carbons (Fsp3) is 0.250. The molecule has 1 heterocycles. The topological polar surface area (TPSA) is 59.8 Å². The first kappa shape index (κ1) is 17.8. The second-order valence-corrected chi connectivity index (χ2v) is 6.21. The first-order valence-corrected chi connectivity index (χ1v) is 8.57. The third-order valence-corrected chi connectivity index (χ3v) is 4.35. The Kier molecular flexibility index (Phi) is 5.41. The molecule has 0 saturated carbocycles. The normalized spacial score (nSPS) is 12.0. The Bertz CT molecular complexity index is 889. The second kappa shape index (κ2) is 7.91. The third-order valence-electron chi connectivity index (χ3n) is 4.35. The predicted octanol–water partition coefficient (Wildman–Crippen LogP) is 3.66. The molecule has 0 fully saturated rings. The van der Waals surface area contributed by atoms with Crippen molar-refractivity contribution in [3.8, 4) is 0 Å². The van der Waals surface area contributed by atoms with Crippen molar-refractivity contribution in [2.75, 3.05) is 0 Å². The lowest BCUT2D eigenvalue weighted by Crippen LogP contribution is -2.28. The van der Waals surface area contributed by atoms with E-state index in [0.717, 1.165) is 16.7 Å². The minimum absolute atomic E-state index is 0.204. The van der Waals surface area contributed by atoms with E-state index >= 15 is 0 Å². The quantitative estimate of drug-likeness (QED) is 0.736. The SMILES string of the molecule is CC[C@H](NC(=O)c1cn(Cc2ccccc2C)nn1)c1ccc(F)cc1. The van der Waals surface area contributed by atoms with E-state index in [1.165, 1.54) is 12.1 Å². The van der Waals surface area contributed by atoms with Gasteiger partial charge in [0.05, 0.1) is 18.8 Å². The van der Waals surface area contributed by atoms with Gasteiger partial charge >= 0.3 is 0 Å². The number of nitrogens with one attached hydrogen (secondary N) is 1. The molecule has 1 atom stereocenters. The first-order chi connectivity index (χ1) is 12.6. The second-order valence-electron chi connectivity index (χ2n) is 6.21. The van der Waals surface area contributed by atoms with Crippen molar-refractivity contribution in [3.63, 3.8) is 0 Å². The number of aromatic nitrogens is 3. The maximum Gasteiger partial charge on any atom is 0.273 e. The van der Waals surface area contributed by atoms with Gasteiger partial charge in [0.2, 0.25) is 0 Å². The molecule has 0 radical (unpaired) electrons. The van der Waals surface area contributed by atoms with Gasteiger partial charge in [-0.2, -0.15) is 0 Å². The summed E-state index contributed by atoms with van der Waals surface area (Å²) < 4.78 is 14.7. The van der Waals surface area contributed by atoms with E-state index in [2.05, 4.69) is 15.6 Å². The molecule has 26 heavy (non-hydrogen) atoms. The van der Waals surface area contributed by atoms with E-state index in [0.29, 0.717) is 13.0 Å². The van der Waals surface area contributed by atoms with Gasteiger partial charge in [-0.25, -0.2) is 9.07 Å². The van der Waals surface area contributed by atoms with Crippen molar-refractivity contribution in [1.82, 2.24) is 20.3 Å². The molecule has 6 heteroatoms. The van der Waals surface area contributed by atoms with Crippen molar-refractivity contribution in [2.45, 2.75) is 32.9 Å². The van der Waals surface area contributed by atoms with Crippen LogP contribution in [0.3, 0.4) is 0 Å². The number of nitrogens with zero attached hydrogens (tertiary/aromatic N) is 3. The molecule has 0 aliphatic heterocycles. The van der Waals surface area contributed by atoms with Crippen LogP contribution in [0.15, 0.2) is 54.7 Å². The molecule has 0 aliphatic rings. The van der Waals surface area contributed by atoms with Crippen LogP contribution in [0.1, 0.15) is 46.6 Å². The average molecular weight is 352 g/mol. The molecule has 1 aromatic heterocycles. The summed E-state index contributed by atoms with van der Waals surface area (Å²) in [4.78, 5) is 12.5. The summed E-state index contributed by atoms with van der Waals surface area (Å²) >= 11 is 0. The van der Waals surface area contributed by atoms with Crippen LogP contribution in [0.4, 0.5) is 4.39 Å². The van der Waals surface area contributed by atoms with Crippen LogP contribution in [-0.4, -0.2) is 20.9 Å². The van der Waals surface area contributed by atoms with E-state index in [-0.39, 0.29) is 23.5 Å². The molecule has 0 saturated heterocycles. The highest BCUT2D eigenvalue weighted by atomic mass is 19.1. The largest absolute Gasteiger partial charge is 0.344 e. The zero-order valence-electron chi connectivity index (χ0n) is 14.8. The zero-order chi connectivity index (χ0) is 18.5. The van der Waals surface area contributed by atoms with Gasteiger partial charge in [-0.15, -0.1) is 5.10 Å². The fourth-order valence-electron chi connectivity index (χ4n) is 2.79. The van der Waals surface area contributed by atoms with E-state index in [9.17, 15) is 9.18 Å². The van der Waals surface area contributed by atoms with Crippen LogP contribution in [0.25, 0.3) is 0 Å². The summed E-state index contributed by atoms with van der Waals surface area (Å²) in [5.41, 5.74) is 3.41. The van der Waals surface area contributed by atoms with Gasteiger partial charge in [0.25, 0.3) is 5.91 Å². The van der Waals surface area contributed by atoms with Gasteiger partial charge in [-0.1, -0.05) is 48.5 Å². The molecule has 3 aromatic rings. The van der Waals surface area contributed by atoms with E-state index < -0.39 is 0 Å². The Morgan fingerprint density at radius 3 is 2.62 bits per heavy atom. The monoisotopic (exact) mass is 352 g/mol. The predicted molar refractivity (Wildman–Crippen MR) is 97.2 cm³/mol.